The van der Waals surface area contributed by atoms with Crippen LogP contribution in [-0.2, 0) is 24.3 Å². The van der Waals surface area contributed by atoms with E-state index in [0.717, 1.165) is 37.3 Å². The summed E-state index contributed by atoms with van der Waals surface area (Å²) in [6.07, 6.45) is 3.40. The Kier molecular flexibility index (Phi) is 4.59. The van der Waals surface area contributed by atoms with Gasteiger partial charge in [-0.15, -0.1) is 0 Å². The fraction of sp³-hybridized carbons (Fsp3) is 0.435. The first kappa shape index (κ1) is 18.3. The molecule has 0 spiro atoms. The third kappa shape index (κ3) is 3.21. The van der Waals surface area contributed by atoms with Gasteiger partial charge < -0.3 is 14.5 Å². The van der Waals surface area contributed by atoms with Gasteiger partial charge >= 0.3 is 0 Å². The van der Waals surface area contributed by atoms with E-state index in [1.54, 1.807) is 7.11 Å². The van der Waals surface area contributed by atoms with Gasteiger partial charge in [-0.3, -0.25) is 9.79 Å². The molecule has 6 heteroatoms. The summed E-state index contributed by atoms with van der Waals surface area (Å²) in [7, 11) is 1.62. The van der Waals surface area contributed by atoms with Crippen LogP contribution in [0.25, 0.3) is 0 Å². The lowest BCUT2D eigenvalue weighted by Gasteiger charge is -2.34. The zero-order chi connectivity index (χ0) is 20.0. The zero-order valence-corrected chi connectivity index (χ0v) is 17.0. The summed E-state index contributed by atoms with van der Waals surface area (Å²) < 4.78 is 5.17. The quantitative estimate of drug-likeness (QED) is 0.805. The standard InChI is InChI=1S/C23H26N4O2/c1-3-26-7-6-19(14-26)27-13-18-9-20-17(8-16(18)10-22(27)28)12-25-23(20)15-4-5-21(29-2)24-11-15/h4-5,8-9,11,19H,3,6-7,10,12-14H2,1-2H3/t19-/m1/s1. The summed E-state index contributed by atoms with van der Waals surface area (Å²) in [6.45, 7) is 6.69. The van der Waals surface area contributed by atoms with Crippen molar-refractivity contribution in [2.45, 2.75) is 38.9 Å². The van der Waals surface area contributed by atoms with Crippen LogP contribution in [-0.4, -0.2) is 59.2 Å². The number of hydrogen-bond donors (Lipinski definition) is 0. The molecule has 0 N–H and O–H groups in total. The van der Waals surface area contributed by atoms with Gasteiger partial charge in [0.05, 0.1) is 25.8 Å². The van der Waals surface area contributed by atoms with E-state index in [4.69, 9.17) is 9.73 Å². The number of benzene rings is 1. The average Bonchev–Trinajstić information content (AvgIpc) is 3.38. The molecule has 1 fully saturated rings. The van der Waals surface area contributed by atoms with Gasteiger partial charge in [-0.1, -0.05) is 13.0 Å². The van der Waals surface area contributed by atoms with Crippen LogP contribution in [0.4, 0.5) is 0 Å². The molecule has 0 saturated carbocycles. The van der Waals surface area contributed by atoms with Crippen molar-refractivity contribution in [1.82, 2.24) is 14.8 Å². The third-order valence-electron chi connectivity index (χ3n) is 6.45. The number of pyridine rings is 1. The molecule has 1 aromatic heterocycles. The van der Waals surface area contributed by atoms with E-state index in [1.807, 2.05) is 18.3 Å². The molecule has 1 amide bonds. The van der Waals surface area contributed by atoms with Crippen molar-refractivity contribution in [3.63, 3.8) is 0 Å². The lowest BCUT2D eigenvalue weighted by atomic mass is 9.90. The predicted octanol–water partition coefficient (Wildman–Crippen LogP) is 2.42. The van der Waals surface area contributed by atoms with Crippen molar-refractivity contribution in [3.8, 4) is 5.88 Å². The monoisotopic (exact) mass is 390 g/mol. The molecule has 3 aliphatic heterocycles. The maximum Gasteiger partial charge on any atom is 0.227 e. The minimum Gasteiger partial charge on any atom is -0.481 e. The molecule has 150 valence electrons. The van der Waals surface area contributed by atoms with Gasteiger partial charge in [0.2, 0.25) is 11.8 Å². The molecule has 0 aliphatic carbocycles. The summed E-state index contributed by atoms with van der Waals surface area (Å²) in [5.41, 5.74) is 6.79. The molecule has 1 atom stereocenters. The number of fused-ring (bicyclic) bond motifs is 2. The number of likely N-dealkylation sites (tertiary alicyclic amines) is 1. The lowest BCUT2D eigenvalue weighted by Crippen LogP contribution is -2.44. The maximum atomic E-state index is 12.8. The topological polar surface area (TPSA) is 58.0 Å². The second-order valence-electron chi connectivity index (χ2n) is 8.07. The van der Waals surface area contributed by atoms with Crippen LogP contribution in [0.2, 0.25) is 0 Å². The van der Waals surface area contributed by atoms with Crippen LogP contribution in [0.5, 0.6) is 5.88 Å². The van der Waals surface area contributed by atoms with Crippen LogP contribution < -0.4 is 4.74 Å². The van der Waals surface area contributed by atoms with E-state index in [1.165, 1.54) is 22.3 Å². The molecular formula is C23H26N4O2. The maximum absolute atomic E-state index is 12.8. The number of aromatic nitrogens is 1. The number of likely N-dealkylation sites (N-methyl/N-ethyl adjacent to an activating group) is 1. The van der Waals surface area contributed by atoms with Crippen molar-refractivity contribution >= 4 is 11.6 Å². The first-order chi connectivity index (χ1) is 14.2. The minimum atomic E-state index is 0.263. The Labute approximate surface area is 171 Å². The van der Waals surface area contributed by atoms with Crippen molar-refractivity contribution in [2.24, 2.45) is 4.99 Å². The zero-order valence-electron chi connectivity index (χ0n) is 17.0. The SMILES string of the molecule is CCN1CC[C@@H](N2Cc3cc4c(cc3CC2=O)CN=C4c2ccc(OC)nc2)C1. The third-order valence-corrected chi connectivity index (χ3v) is 6.45. The number of carbonyl (C=O) groups excluding carboxylic acids is 1. The normalized spacial score (nSPS) is 21.2. The Balaban J connectivity index is 1.43. The fourth-order valence-electron chi connectivity index (χ4n) is 4.76. The van der Waals surface area contributed by atoms with Crippen LogP contribution in [0.15, 0.2) is 35.5 Å². The first-order valence-electron chi connectivity index (χ1n) is 10.4. The van der Waals surface area contributed by atoms with Gasteiger partial charge in [0.25, 0.3) is 0 Å². The van der Waals surface area contributed by atoms with Gasteiger partial charge in [-0.05, 0) is 41.8 Å². The van der Waals surface area contributed by atoms with Gasteiger partial charge in [0.15, 0.2) is 0 Å². The van der Waals surface area contributed by atoms with Crippen LogP contribution in [0, 0.1) is 0 Å². The Morgan fingerprint density at radius 1 is 1.21 bits per heavy atom. The van der Waals surface area contributed by atoms with E-state index < -0.39 is 0 Å². The van der Waals surface area contributed by atoms with Crippen molar-refractivity contribution in [3.05, 3.63) is 58.3 Å². The first-order valence-corrected chi connectivity index (χ1v) is 10.4. The number of hydrogen-bond acceptors (Lipinski definition) is 5. The Bertz CT molecular complexity index is 983. The van der Waals surface area contributed by atoms with Crippen LogP contribution in [0.3, 0.4) is 0 Å². The van der Waals surface area contributed by atoms with Gasteiger partial charge in [-0.2, -0.15) is 0 Å². The summed E-state index contributed by atoms with van der Waals surface area (Å²) >= 11 is 0. The summed E-state index contributed by atoms with van der Waals surface area (Å²) in [5.74, 6) is 0.865. The van der Waals surface area contributed by atoms with E-state index in [-0.39, 0.29) is 5.91 Å². The molecule has 6 nitrogen and oxygen atoms in total. The molecule has 0 bridgehead atoms. The van der Waals surface area contributed by atoms with E-state index in [2.05, 4.69) is 33.8 Å². The predicted molar refractivity (Wildman–Crippen MR) is 111 cm³/mol. The highest BCUT2D eigenvalue weighted by Gasteiger charge is 2.34. The number of nitrogens with zero attached hydrogens (tertiary/aromatic N) is 4. The highest BCUT2D eigenvalue weighted by Crippen LogP contribution is 2.31. The molecule has 0 radical (unpaired) electrons. The highest BCUT2D eigenvalue weighted by atomic mass is 16.5. The average molecular weight is 390 g/mol. The van der Waals surface area contributed by atoms with E-state index >= 15 is 0 Å². The lowest BCUT2D eigenvalue weighted by molar-refractivity contribution is -0.134. The largest absolute Gasteiger partial charge is 0.481 e. The molecule has 1 saturated heterocycles. The Hall–Kier alpha value is -2.73. The van der Waals surface area contributed by atoms with Crippen LogP contribution >= 0.6 is 0 Å². The summed E-state index contributed by atoms with van der Waals surface area (Å²) in [4.78, 5) is 26.5. The molecule has 5 rings (SSSR count). The van der Waals surface area contributed by atoms with Crippen LogP contribution in [0.1, 0.15) is 41.2 Å². The highest BCUT2D eigenvalue weighted by molar-refractivity contribution is 6.15. The number of amides is 1. The van der Waals surface area contributed by atoms with Crippen molar-refractivity contribution < 1.29 is 9.53 Å². The second-order valence-corrected chi connectivity index (χ2v) is 8.07. The number of aliphatic imine (C=N–C) groups is 1. The smallest absolute Gasteiger partial charge is 0.227 e. The van der Waals surface area contributed by atoms with Gasteiger partial charge in [-0.25, -0.2) is 4.98 Å². The van der Waals surface area contributed by atoms with Gasteiger partial charge in [0.1, 0.15) is 0 Å². The molecular weight excluding hydrogens is 364 g/mol. The number of ether oxygens (including phenoxy) is 1. The summed E-state index contributed by atoms with van der Waals surface area (Å²) in [6, 6.07) is 8.66. The van der Waals surface area contributed by atoms with Crippen molar-refractivity contribution in [2.75, 3.05) is 26.7 Å². The number of methoxy groups -OCH3 is 1. The molecule has 1 aromatic carbocycles. The van der Waals surface area contributed by atoms with Crippen molar-refractivity contribution in [1.29, 1.82) is 0 Å². The molecule has 29 heavy (non-hydrogen) atoms. The number of rotatable bonds is 4. The van der Waals surface area contributed by atoms with E-state index in [0.29, 0.717) is 31.4 Å². The molecule has 0 unspecified atom stereocenters. The number of carbonyl (C=O) groups is 1. The Morgan fingerprint density at radius 2 is 2.10 bits per heavy atom. The van der Waals surface area contributed by atoms with Gasteiger partial charge in [0, 0.05) is 49.1 Å². The molecule has 4 heterocycles. The van der Waals surface area contributed by atoms with E-state index in [9.17, 15) is 4.79 Å². The second kappa shape index (κ2) is 7.26. The fourth-order valence-corrected chi connectivity index (χ4v) is 4.76. The summed E-state index contributed by atoms with van der Waals surface area (Å²) in [5, 5.41) is 0. The molecule has 3 aliphatic rings. The minimum absolute atomic E-state index is 0.263. The Morgan fingerprint density at radius 3 is 2.83 bits per heavy atom. The molecule has 2 aromatic rings.